The summed E-state index contributed by atoms with van der Waals surface area (Å²) < 4.78 is 6.27. The molecule has 0 spiro atoms. The molecule has 3 aliphatic rings. The normalized spacial score (nSPS) is 22.2. The highest BCUT2D eigenvalue weighted by Gasteiger charge is 2.57. The minimum absolute atomic E-state index is 0.0847. The number of para-hydroxylation sites is 1. The molecule has 3 aromatic carbocycles. The van der Waals surface area contributed by atoms with Crippen LogP contribution in [0.15, 0.2) is 108 Å². The van der Waals surface area contributed by atoms with Crippen molar-refractivity contribution in [1.29, 1.82) is 0 Å². The lowest BCUT2D eigenvalue weighted by molar-refractivity contribution is -0.122. The van der Waals surface area contributed by atoms with Gasteiger partial charge in [-0.3, -0.25) is 19.5 Å². The van der Waals surface area contributed by atoms with Crippen molar-refractivity contribution in [2.24, 2.45) is 23.7 Å². The molecule has 2 fully saturated rings. The van der Waals surface area contributed by atoms with Crippen molar-refractivity contribution < 1.29 is 24.4 Å². The molecule has 8 nitrogen and oxygen atoms in total. The highest BCUT2D eigenvalue weighted by atomic mass is 35.5. The highest BCUT2D eigenvalue weighted by molar-refractivity contribution is 6.43. The summed E-state index contributed by atoms with van der Waals surface area (Å²) in [6.07, 6.45) is 5.05. The first-order chi connectivity index (χ1) is 24.2. The van der Waals surface area contributed by atoms with Crippen LogP contribution in [0.3, 0.4) is 0 Å². The van der Waals surface area contributed by atoms with Crippen LogP contribution in [0.25, 0.3) is 11.6 Å². The maximum atomic E-state index is 14.3. The van der Waals surface area contributed by atoms with Crippen LogP contribution in [-0.2, 0) is 14.2 Å². The number of nitrogens with one attached hydrogen (secondary N) is 1. The van der Waals surface area contributed by atoms with E-state index in [0.29, 0.717) is 30.0 Å². The van der Waals surface area contributed by atoms with Gasteiger partial charge in [-0.1, -0.05) is 55.3 Å². The lowest BCUT2D eigenvalue weighted by Gasteiger charge is -2.44. The van der Waals surface area contributed by atoms with E-state index in [2.05, 4.69) is 24.1 Å². The summed E-state index contributed by atoms with van der Waals surface area (Å²) in [6, 6.07) is 27.8. The van der Waals surface area contributed by atoms with E-state index < -0.39 is 25.1 Å². The number of rotatable bonds is 9. The Bertz CT molecular complexity index is 1950. The van der Waals surface area contributed by atoms with Crippen LogP contribution in [-0.4, -0.2) is 40.2 Å². The summed E-state index contributed by atoms with van der Waals surface area (Å²) in [5.74, 6) is -1.61. The number of fused-ring (bicyclic) bond motifs is 3. The molecule has 50 heavy (non-hydrogen) atoms. The monoisotopic (exact) mass is 687 g/mol. The van der Waals surface area contributed by atoms with Crippen LogP contribution in [0.5, 0.6) is 5.75 Å². The largest absolute Gasteiger partial charge is 0.508 e. The van der Waals surface area contributed by atoms with Crippen LogP contribution in [0.1, 0.15) is 44.4 Å². The van der Waals surface area contributed by atoms with Crippen molar-refractivity contribution in [2.75, 3.05) is 10.2 Å². The van der Waals surface area contributed by atoms with Crippen LogP contribution < -0.4 is 10.2 Å². The number of anilines is 3. The smallest absolute Gasteiger partial charge is 0.455 e. The number of phenols is 1. The third-order valence-electron chi connectivity index (χ3n) is 10.1. The first kappa shape index (κ1) is 33.8. The lowest BCUT2D eigenvalue weighted by atomic mass is 9.57. The Morgan fingerprint density at radius 1 is 1.00 bits per heavy atom. The number of carbonyl (C=O) groups is 2. The summed E-state index contributed by atoms with van der Waals surface area (Å²) in [5, 5.41) is 24.8. The van der Waals surface area contributed by atoms with E-state index in [1.54, 1.807) is 18.3 Å². The molecule has 4 aromatic rings. The van der Waals surface area contributed by atoms with E-state index >= 15 is 0 Å². The average molecular weight is 688 g/mol. The molecule has 3 N–H and O–H groups in total. The Balaban J connectivity index is 1.17. The number of carbonyl (C=O) groups excluding carboxylic acids is 2. The molecule has 7 rings (SSSR count). The van der Waals surface area contributed by atoms with Gasteiger partial charge in [0.15, 0.2) is 0 Å². The van der Waals surface area contributed by atoms with Gasteiger partial charge in [-0.05, 0) is 127 Å². The van der Waals surface area contributed by atoms with Crippen molar-refractivity contribution in [3.63, 3.8) is 0 Å². The molecule has 1 aromatic heterocycles. The van der Waals surface area contributed by atoms with Gasteiger partial charge in [-0.15, -0.1) is 0 Å². The predicted octanol–water partition coefficient (Wildman–Crippen LogP) is 8.16. The zero-order valence-electron chi connectivity index (χ0n) is 28.0. The zero-order valence-corrected chi connectivity index (χ0v) is 28.8. The van der Waals surface area contributed by atoms with Crippen LogP contribution in [0.2, 0.25) is 11.3 Å². The van der Waals surface area contributed by atoms with Crippen molar-refractivity contribution in [1.82, 2.24) is 4.98 Å². The number of amides is 2. The molecule has 2 saturated heterocycles. The topological polar surface area (TPSA) is 112 Å². The van der Waals surface area contributed by atoms with E-state index in [4.69, 9.17) is 16.3 Å². The Morgan fingerprint density at radius 2 is 1.74 bits per heavy atom. The van der Waals surface area contributed by atoms with E-state index in [-0.39, 0.29) is 35.7 Å². The number of nitrogens with zero attached hydrogens (tertiary/aromatic N) is 2. The van der Waals surface area contributed by atoms with Crippen molar-refractivity contribution in [3.8, 4) is 5.75 Å². The number of pyridine rings is 1. The first-order valence-corrected chi connectivity index (χ1v) is 17.5. The van der Waals surface area contributed by atoms with Gasteiger partial charge in [-0.25, -0.2) is 0 Å². The fraction of sp³-hybridized carbons (Fsp3) is 0.275. The Morgan fingerprint density at radius 3 is 2.44 bits per heavy atom. The maximum absolute atomic E-state index is 14.3. The van der Waals surface area contributed by atoms with Gasteiger partial charge in [0.1, 0.15) is 5.75 Å². The second-order valence-electron chi connectivity index (χ2n) is 13.6. The molecule has 1 aliphatic carbocycles. The second-order valence-corrected chi connectivity index (χ2v) is 14.0. The van der Waals surface area contributed by atoms with E-state index in [0.717, 1.165) is 39.4 Å². The molecule has 3 heterocycles. The molecular formula is C40H39BClN3O5. The molecule has 0 unspecified atom stereocenters. The molecular weight excluding hydrogens is 649 g/mol. The average Bonchev–Trinajstić information content (AvgIpc) is 3.37. The van der Waals surface area contributed by atoms with E-state index in [1.807, 2.05) is 78.9 Å². The molecule has 254 valence electrons. The van der Waals surface area contributed by atoms with Gasteiger partial charge in [0, 0.05) is 17.6 Å². The highest BCUT2D eigenvalue weighted by Crippen LogP contribution is 2.52. The predicted molar refractivity (Wildman–Crippen MR) is 198 cm³/mol. The van der Waals surface area contributed by atoms with Gasteiger partial charge in [0.2, 0.25) is 11.8 Å². The van der Waals surface area contributed by atoms with Gasteiger partial charge >= 0.3 is 7.12 Å². The quantitative estimate of drug-likeness (QED) is 0.0925. The van der Waals surface area contributed by atoms with Crippen LogP contribution in [0, 0.1) is 23.7 Å². The minimum Gasteiger partial charge on any atom is -0.508 e. The summed E-state index contributed by atoms with van der Waals surface area (Å²) in [6.45, 7) is 4.23. The number of allylic oxidation sites excluding steroid dienone is 2. The fourth-order valence-corrected chi connectivity index (χ4v) is 8.05. The summed E-state index contributed by atoms with van der Waals surface area (Å²) in [4.78, 5) is 34.3. The van der Waals surface area contributed by atoms with Crippen LogP contribution >= 0.6 is 11.6 Å². The molecule has 10 heteroatoms. The Hall–Kier alpha value is -4.70. The number of imide groups is 1. The minimum atomic E-state index is -1.07. The lowest BCUT2D eigenvalue weighted by Crippen LogP contribution is -2.46. The molecule has 2 amide bonds. The molecule has 2 aliphatic heterocycles. The molecule has 0 bridgehead atoms. The zero-order chi connectivity index (χ0) is 34.9. The van der Waals surface area contributed by atoms with Crippen molar-refractivity contribution in [3.05, 3.63) is 125 Å². The third-order valence-corrected chi connectivity index (χ3v) is 10.4. The molecule has 4 atom stereocenters. The second kappa shape index (κ2) is 14.3. The number of benzene rings is 3. The molecule has 0 radical (unpaired) electrons. The van der Waals surface area contributed by atoms with Gasteiger partial charge in [-0.2, -0.15) is 0 Å². The Labute approximate surface area is 297 Å². The van der Waals surface area contributed by atoms with Gasteiger partial charge in [0.05, 0.1) is 34.3 Å². The third kappa shape index (κ3) is 6.73. The van der Waals surface area contributed by atoms with E-state index in [9.17, 15) is 19.7 Å². The van der Waals surface area contributed by atoms with Crippen LogP contribution in [0.4, 0.5) is 17.1 Å². The summed E-state index contributed by atoms with van der Waals surface area (Å²) in [7, 11) is -1.07. The number of hydrogen-bond donors (Lipinski definition) is 3. The maximum Gasteiger partial charge on any atom is 0.455 e. The summed E-state index contributed by atoms with van der Waals surface area (Å²) in [5.41, 5.74) is 6.95. The SMILES string of the molecule is CC(C)C1=C2[C@@H](CC/C(=C/c3ccc(O)cc3Cl)c3ccccn3)OB(O)C[C@@H]2[C@@H]2C(=O)N(c3ccc(Nc4ccccc4)cc3)C(=O)[C@@H]2C1. The van der Waals surface area contributed by atoms with Gasteiger partial charge < -0.3 is 20.1 Å². The molecule has 0 saturated carbocycles. The van der Waals surface area contributed by atoms with Crippen molar-refractivity contribution >= 4 is 59.2 Å². The van der Waals surface area contributed by atoms with E-state index in [1.165, 1.54) is 11.0 Å². The van der Waals surface area contributed by atoms with Crippen molar-refractivity contribution in [2.45, 2.75) is 45.5 Å². The van der Waals surface area contributed by atoms with Gasteiger partial charge in [0.25, 0.3) is 0 Å². The Kier molecular flexibility index (Phi) is 9.64. The number of aromatic nitrogens is 1. The number of hydrogen-bond acceptors (Lipinski definition) is 7. The fourth-order valence-electron chi connectivity index (χ4n) is 7.82. The number of aromatic hydroxyl groups is 1. The number of halogens is 1. The summed E-state index contributed by atoms with van der Waals surface area (Å²) >= 11 is 6.49. The first-order valence-electron chi connectivity index (χ1n) is 17.1. The number of phenolic OH excluding ortho intramolecular Hbond substituents is 1. The standard InChI is InChI=1S/C40H39BClN3O5/c1-24(2)31-22-32-38(40(48)45(39(32)47)29-15-13-28(14-16-29)44-27-8-4-3-5-9-27)33-23-41(49)50-36(37(31)33)18-12-26(35-10-6-7-19-43-35)20-25-11-17-30(46)21-34(25)42/h3-11,13-17,19-21,24,32-33,36,38,44,46,49H,12,18,22-23H2,1-2H3/b26-20-/t32-,33+,36-,38-/m1/s1.